The summed E-state index contributed by atoms with van der Waals surface area (Å²) < 4.78 is 17.2. The highest BCUT2D eigenvalue weighted by atomic mass is 35.5. The fraction of sp³-hybridized carbons (Fsp3) is 0.296. The molecular weight excluding hydrogens is 465 g/mol. The van der Waals surface area contributed by atoms with Crippen LogP contribution in [0.1, 0.15) is 34.5 Å². The van der Waals surface area contributed by atoms with E-state index in [9.17, 15) is 4.79 Å². The van der Waals surface area contributed by atoms with E-state index >= 15 is 4.39 Å². The molecule has 0 saturated carbocycles. The Morgan fingerprint density at radius 1 is 1.23 bits per heavy atom. The molecule has 35 heavy (non-hydrogen) atoms. The van der Waals surface area contributed by atoms with Gasteiger partial charge in [-0.15, -0.1) is 0 Å². The summed E-state index contributed by atoms with van der Waals surface area (Å²) in [7, 11) is 1.84. The van der Waals surface area contributed by atoms with E-state index in [-0.39, 0.29) is 11.6 Å². The van der Waals surface area contributed by atoms with E-state index in [1.54, 1.807) is 34.1 Å². The Labute approximate surface area is 208 Å². The molecule has 0 aliphatic carbocycles. The van der Waals surface area contributed by atoms with Gasteiger partial charge in [-0.25, -0.2) is 9.37 Å². The minimum absolute atomic E-state index is 0.0197. The molecule has 0 unspecified atom stereocenters. The molecule has 1 saturated heterocycles. The first-order chi connectivity index (χ1) is 16.8. The highest BCUT2D eigenvalue weighted by Crippen LogP contribution is 2.34. The fourth-order valence-corrected chi connectivity index (χ4v) is 5.18. The molecule has 1 fully saturated rings. The number of benzene rings is 2. The molecule has 5 rings (SSSR count). The number of hydrogen-bond acceptors (Lipinski definition) is 4. The number of fused-ring (bicyclic) bond motifs is 1. The van der Waals surface area contributed by atoms with Gasteiger partial charge in [-0.2, -0.15) is 5.10 Å². The van der Waals surface area contributed by atoms with Gasteiger partial charge in [-0.3, -0.25) is 14.4 Å². The van der Waals surface area contributed by atoms with E-state index in [0.717, 1.165) is 47.0 Å². The Balaban J connectivity index is 1.62. The van der Waals surface area contributed by atoms with Crippen molar-refractivity contribution in [3.05, 3.63) is 76.5 Å². The zero-order chi connectivity index (χ0) is 24.7. The van der Waals surface area contributed by atoms with Gasteiger partial charge >= 0.3 is 0 Å². The number of anilines is 1. The summed E-state index contributed by atoms with van der Waals surface area (Å²) in [6.07, 6.45) is 5.11. The number of piperidine rings is 1. The van der Waals surface area contributed by atoms with Gasteiger partial charge in [-0.05, 0) is 80.1 Å². The number of rotatable bonds is 4. The van der Waals surface area contributed by atoms with Gasteiger partial charge in [0.2, 0.25) is 0 Å². The van der Waals surface area contributed by atoms with Crippen LogP contribution in [-0.4, -0.2) is 39.8 Å². The number of hydrogen-bond donors (Lipinski definition) is 1. The van der Waals surface area contributed by atoms with Crippen LogP contribution >= 0.6 is 11.6 Å². The second kappa shape index (κ2) is 9.40. The van der Waals surface area contributed by atoms with Crippen LogP contribution in [0.25, 0.3) is 21.9 Å². The summed E-state index contributed by atoms with van der Waals surface area (Å²) in [5, 5.41) is 9.98. The summed E-state index contributed by atoms with van der Waals surface area (Å²) in [6, 6.07) is 10.2. The zero-order valence-corrected chi connectivity index (χ0v) is 20.7. The maximum atomic E-state index is 15.5. The molecule has 2 aromatic heterocycles. The number of carbonyl (C=O) groups excluding carboxylic acids is 1. The maximum absolute atomic E-state index is 15.5. The number of aryl methyl sites for hydroxylation is 2. The molecule has 2 aromatic carbocycles. The summed E-state index contributed by atoms with van der Waals surface area (Å²) in [4.78, 5) is 20.3. The maximum Gasteiger partial charge on any atom is 0.262 e. The Morgan fingerprint density at radius 3 is 2.74 bits per heavy atom. The van der Waals surface area contributed by atoms with Crippen LogP contribution in [0.4, 0.5) is 10.2 Å². The van der Waals surface area contributed by atoms with Crippen molar-refractivity contribution >= 4 is 34.1 Å². The van der Waals surface area contributed by atoms with Crippen LogP contribution in [0.5, 0.6) is 0 Å². The van der Waals surface area contributed by atoms with Gasteiger partial charge in [-0.1, -0.05) is 17.7 Å². The monoisotopic (exact) mass is 491 g/mol. The third kappa shape index (κ3) is 4.30. The van der Waals surface area contributed by atoms with E-state index in [1.165, 1.54) is 6.07 Å². The average molecular weight is 492 g/mol. The van der Waals surface area contributed by atoms with Gasteiger partial charge in [0.05, 0.1) is 17.8 Å². The van der Waals surface area contributed by atoms with Crippen LogP contribution < -0.4 is 10.2 Å². The van der Waals surface area contributed by atoms with Crippen LogP contribution in [0.15, 0.2) is 48.8 Å². The van der Waals surface area contributed by atoms with Gasteiger partial charge in [0.1, 0.15) is 11.6 Å². The quantitative estimate of drug-likeness (QED) is 0.412. The lowest BCUT2D eigenvalue weighted by Crippen LogP contribution is -2.49. The van der Waals surface area contributed by atoms with Crippen LogP contribution in [0.2, 0.25) is 5.02 Å². The molecule has 1 aliphatic heterocycles. The second-order valence-corrected chi connectivity index (χ2v) is 9.53. The zero-order valence-electron chi connectivity index (χ0n) is 20.0. The van der Waals surface area contributed by atoms with Crippen molar-refractivity contribution in [2.45, 2.75) is 32.7 Å². The van der Waals surface area contributed by atoms with Crippen LogP contribution in [0, 0.1) is 19.7 Å². The highest BCUT2D eigenvalue weighted by Gasteiger charge is 2.32. The van der Waals surface area contributed by atoms with Crippen molar-refractivity contribution in [1.82, 2.24) is 20.1 Å². The van der Waals surface area contributed by atoms with Crippen LogP contribution in [0.3, 0.4) is 0 Å². The molecule has 4 aromatic rings. The van der Waals surface area contributed by atoms with Gasteiger partial charge in [0.25, 0.3) is 5.91 Å². The lowest BCUT2D eigenvalue weighted by Gasteiger charge is -2.35. The molecule has 0 spiro atoms. The molecule has 0 bridgehead atoms. The molecule has 3 heterocycles. The predicted octanol–water partition coefficient (Wildman–Crippen LogP) is 5.44. The SMILES string of the molecule is Cc1cc(Cl)cc2ccnc(N(C(=O)c3ccc(-c4cnn(C)c4C)cc3F)[C@@H]3CCCNC3)c12. The van der Waals surface area contributed by atoms with Gasteiger partial charge in [0, 0.05) is 41.5 Å². The second-order valence-electron chi connectivity index (χ2n) is 9.09. The molecule has 1 amide bonds. The van der Waals surface area contributed by atoms with Crippen molar-refractivity contribution in [1.29, 1.82) is 0 Å². The molecule has 6 nitrogen and oxygen atoms in total. The number of nitrogens with one attached hydrogen (secondary N) is 1. The third-order valence-electron chi connectivity index (χ3n) is 6.83. The lowest BCUT2D eigenvalue weighted by atomic mass is 10.00. The van der Waals surface area contributed by atoms with Crippen LogP contribution in [-0.2, 0) is 7.05 Å². The fourth-order valence-electron chi connectivity index (χ4n) is 4.90. The lowest BCUT2D eigenvalue weighted by molar-refractivity contribution is 0.0968. The molecule has 1 N–H and O–H groups in total. The molecular formula is C27H27ClFN5O. The smallest absolute Gasteiger partial charge is 0.262 e. The first-order valence-corrected chi connectivity index (χ1v) is 12.1. The van der Waals surface area contributed by atoms with Crippen molar-refractivity contribution in [3.8, 4) is 11.1 Å². The number of halogens is 2. The van der Waals surface area contributed by atoms with Gasteiger partial charge < -0.3 is 5.32 Å². The van der Waals surface area contributed by atoms with Gasteiger partial charge in [0.15, 0.2) is 0 Å². The highest BCUT2D eigenvalue weighted by molar-refractivity contribution is 6.31. The number of amides is 1. The molecule has 180 valence electrons. The van der Waals surface area contributed by atoms with Crippen molar-refractivity contribution in [2.24, 2.45) is 7.05 Å². The summed E-state index contributed by atoms with van der Waals surface area (Å²) in [6.45, 7) is 5.39. The Morgan fingerprint density at radius 2 is 2.06 bits per heavy atom. The minimum Gasteiger partial charge on any atom is -0.315 e. The van der Waals surface area contributed by atoms with E-state index in [1.807, 2.05) is 39.1 Å². The largest absolute Gasteiger partial charge is 0.315 e. The third-order valence-corrected chi connectivity index (χ3v) is 7.05. The van der Waals surface area contributed by atoms with E-state index in [4.69, 9.17) is 11.6 Å². The average Bonchev–Trinajstić information content (AvgIpc) is 3.17. The first-order valence-electron chi connectivity index (χ1n) is 11.7. The number of nitrogens with zero attached hydrogens (tertiary/aromatic N) is 4. The normalized spacial score (nSPS) is 16.0. The molecule has 8 heteroatoms. The minimum atomic E-state index is -0.565. The Hall–Kier alpha value is -3.29. The summed E-state index contributed by atoms with van der Waals surface area (Å²) >= 11 is 6.30. The number of aromatic nitrogens is 3. The summed E-state index contributed by atoms with van der Waals surface area (Å²) in [5.41, 5.74) is 3.38. The molecule has 1 aliphatic rings. The van der Waals surface area contributed by atoms with E-state index < -0.39 is 11.7 Å². The molecule has 0 radical (unpaired) electrons. The topological polar surface area (TPSA) is 63.1 Å². The summed E-state index contributed by atoms with van der Waals surface area (Å²) in [5.74, 6) is -0.438. The Bertz CT molecular complexity index is 1430. The standard InChI is InChI=1S/C27H27ClFN5O/c1-16-11-20(28)12-19-8-10-31-26(25(16)19)34(21-5-4-9-30-14-21)27(35)22-7-6-18(13-24(22)29)23-15-32-33(3)17(23)2/h6-8,10-13,15,21,30H,4-5,9,14H2,1-3H3/t21-/m1/s1. The Kier molecular flexibility index (Phi) is 6.30. The van der Waals surface area contributed by atoms with Crippen molar-refractivity contribution in [2.75, 3.05) is 18.0 Å². The van der Waals surface area contributed by atoms with E-state index in [0.29, 0.717) is 22.9 Å². The number of carbonyl (C=O) groups is 1. The predicted molar refractivity (Wildman–Crippen MR) is 138 cm³/mol. The molecule has 1 atom stereocenters. The van der Waals surface area contributed by atoms with E-state index in [2.05, 4.69) is 15.4 Å². The number of pyridine rings is 1. The first kappa shape index (κ1) is 23.5. The van der Waals surface area contributed by atoms with Crippen molar-refractivity contribution in [3.63, 3.8) is 0 Å². The van der Waals surface area contributed by atoms with Crippen molar-refractivity contribution < 1.29 is 9.18 Å².